The number of thioether (sulfide) groups is 1. The third kappa shape index (κ3) is 4.18. The maximum Gasteiger partial charge on any atom is 0.267 e. The number of aromatic nitrogens is 1. The SMILES string of the molecule is COc1ccc(CSc2nc3ccc(N4C(=O)c5c(Br)c(Br)c(Br)c(Br)c5C4=O)cc3s2)cc1. The van der Waals surface area contributed by atoms with Crippen LogP contribution in [0, 0.1) is 0 Å². The molecule has 0 saturated carbocycles. The molecule has 5 rings (SSSR count). The highest BCUT2D eigenvalue weighted by Crippen LogP contribution is 2.46. The Balaban J connectivity index is 1.43. The van der Waals surface area contributed by atoms with Gasteiger partial charge >= 0.3 is 0 Å². The van der Waals surface area contributed by atoms with E-state index in [1.165, 1.54) is 21.8 Å². The van der Waals surface area contributed by atoms with Crippen LogP contribution in [-0.4, -0.2) is 23.9 Å². The Labute approximate surface area is 236 Å². The zero-order valence-electron chi connectivity index (χ0n) is 17.2. The largest absolute Gasteiger partial charge is 0.497 e. The lowest BCUT2D eigenvalue weighted by Crippen LogP contribution is -2.29. The van der Waals surface area contributed by atoms with Crippen LogP contribution < -0.4 is 9.64 Å². The van der Waals surface area contributed by atoms with E-state index in [0.717, 1.165) is 26.1 Å². The molecule has 0 spiro atoms. The second kappa shape index (κ2) is 9.67. The van der Waals surface area contributed by atoms with Gasteiger partial charge < -0.3 is 4.74 Å². The van der Waals surface area contributed by atoms with Gasteiger partial charge in [0, 0.05) is 23.6 Å². The second-order valence-corrected chi connectivity index (χ2v) is 12.6. The topological polar surface area (TPSA) is 59.5 Å². The van der Waals surface area contributed by atoms with Crippen LogP contribution in [0.3, 0.4) is 0 Å². The predicted molar refractivity (Wildman–Crippen MR) is 151 cm³/mol. The van der Waals surface area contributed by atoms with Gasteiger partial charge in [-0.05, 0) is 99.6 Å². The molecule has 0 atom stereocenters. The summed E-state index contributed by atoms with van der Waals surface area (Å²) in [4.78, 5) is 32.5. The number of fused-ring (bicyclic) bond motifs is 2. The summed E-state index contributed by atoms with van der Waals surface area (Å²) in [5.41, 5.74) is 3.17. The predicted octanol–water partition coefficient (Wildman–Crippen LogP) is 8.45. The lowest BCUT2D eigenvalue weighted by atomic mass is 10.1. The summed E-state index contributed by atoms with van der Waals surface area (Å²) in [6, 6.07) is 13.4. The molecule has 11 heteroatoms. The van der Waals surface area contributed by atoms with Crippen LogP contribution in [-0.2, 0) is 5.75 Å². The van der Waals surface area contributed by atoms with E-state index in [-0.39, 0.29) is 11.8 Å². The third-order valence-corrected chi connectivity index (χ3v) is 12.2. The van der Waals surface area contributed by atoms with E-state index in [0.29, 0.717) is 34.7 Å². The maximum absolute atomic E-state index is 13.3. The van der Waals surface area contributed by atoms with Crippen molar-refractivity contribution in [3.8, 4) is 5.75 Å². The summed E-state index contributed by atoms with van der Waals surface area (Å²) >= 11 is 17.0. The fraction of sp³-hybridized carbons (Fsp3) is 0.0870. The number of amides is 2. The van der Waals surface area contributed by atoms with Crippen molar-refractivity contribution < 1.29 is 14.3 Å². The highest BCUT2D eigenvalue weighted by Gasteiger charge is 2.42. The second-order valence-electron chi connectivity index (χ2n) is 7.22. The summed E-state index contributed by atoms with van der Waals surface area (Å²) in [6.07, 6.45) is 0. The van der Waals surface area contributed by atoms with Crippen LogP contribution in [0.25, 0.3) is 10.2 Å². The Morgan fingerprint density at radius 2 is 1.53 bits per heavy atom. The molecule has 34 heavy (non-hydrogen) atoms. The molecular formula is C23H12Br4N2O3S2. The van der Waals surface area contributed by atoms with E-state index in [9.17, 15) is 9.59 Å². The van der Waals surface area contributed by atoms with Crippen molar-refractivity contribution in [2.24, 2.45) is 0 Å². The first-order chi connectivity index (χ1) is 16.3. The standard InChI is InChI=1S/C23H12Br4N2O3S2/c1-32-12-5-2-10(3-6-12)9-33-23-28-13-7-4-11(8-14(13)34-23)29-21(30)15-16(22(29)31)18(25)20(27)19(26)17(15)24/h2-8H,9H2,1H3. The Hall–Kier alpha value is -1.24. The first-order valence-electron chi connectivity index (χ1n) is 9.71. The molecule has 2 amide bonds. The molecule has 0 unspecified atom stereocenters. The molecule has 0 radical (unpaired) electrons. The van der Waals surface area contributed by atoms with Crippen molar-refractivity contribution in [2.75, 3.05) is 12.0 Å². The molecule has 1 aliphatic heterocycles. The molecule has 0 fully saturated rings. The normalized spacial score (nSPS) is 13.1. The van der Waals surface area contributed by atoms with Gasteiger partial charge in [0.2, 0.25) is 0 Å². The molecule has 1 aliphatic rings. The zero-order chi connectivity index (χ0) is 24.1. The summed E-state index contributed by atoms with van der Waals surface area (Å²) in [5.74, 6) is 0.853. The van der Waals surface area contributed by atoms with E-state index < -0.39 is 0 Å². The average molecular weight is 748 g/mol. The van der Waals surface area contributed by atoms with Gasteiger partial charge in [-0.25, -0.2) is 9.88 Å². The number of imide groups is 1. The smallest absolute Gasteiger partial charge is 0.267 e. The first kappa shape index (κ1) is 24.5. The van der Waals surface area contributed by atoms with Gasteiger partial charge in [-0.3, -0.25) is 9.59 Å². The molecule has 2 heterocycles. The Bertz CT molecular complexity index is 1440. The van der Waals surface area contributed by atoms with Gasteiger partial charge in [-0.1, -0.05) is 23.9 Å². The van der Waals surface area contributed by atoms with Gasteiger partial charge in [0.25, 0.3) is 11.8 Å². The summed E-state index contributed by atoms with van der Waals surface area (Å²) in [7, 11) is 1.65. The van der Waals surface area contributed by atoms with Crippen molar-refractivity contribution in [1.29, 1.82) is 0 Å². The van der Waals surface area contributed by atoms with E-state index >= 15 is 0 Å². The van der Waals surface area contributed by atoms with Crippen molar-refractivity contribution >= 4 is 115 Å². The van der Waals surface area contributed by atoms with Gasteiger partial charge in [-0.2, -0.15) is 0 Å². The number of benzene rings is 3. The molecule has 3 aromatic carbocycles. The molecule has 0 bridgehead atoms. The number of nitrogens with zero attached hydrogens (tertiary/aromatic N) is 2. The van der Waals surface area contributed by atoms with Gasteiger partial charge in [0.05, 0.1) is 34.1 Å². The first-order valence-corrected chi connectivity index (χ1v) is 14.7. The molecule has 4 aromatic rings. The molecule has 0 aliphatic carbocycles. The number of thiazole rings is 1. The maximum atomic E-state index is 13.3. The number of anilines is 1. The van der Waals surface area contributed by atoms with Crippen LogP contribution in [0.2, 0.25) is 0 Å². The fourth-order valence-electron chi connectivity index (χ4n) is 3.54. The Morgan fingerprint density at radius 3 is 2.12 bits per heavy atom. The van der Waals surface area contributed by atoms with Crippen LogP contribution in [0.5, 0.6) is 5.75 Å². The van der Waals surface area contributed by atoms with Gasteiger partial charge in [-0.15, -0.1) is 11.3 Å². The number of rotatable bonds is 5. The Kier molecular flexibility index (Phi) is 6.95. The monoisotopic (exact) mass is 744 g/mol. The minimum Gasteiger partial charge on any atom is -0.497 e. The molecule has 1 aromatic heterocycles. The van der Waals surface area contributed by atoms with Crippen molar-refractivity contribution in [3.05, 3.63) is 77.0 Å². The number of methoxy groups -OCH3 is 1. The number of hydrogen-bond acceptors (Lipinski definition) is 6. The van der Waals surface area contributed by atoms with E-state index in [1.54, 1.807) is 24.9 Å². The summed E-state index contributed by atoms with van der Waals surface area (Å²) in [5, 5.41) is 0. The van der Waals surface area contributed by atoms with Crippen LogP contribution in [0.15, 0.2) is 64.7 Å². The number of ether oxygens (including phenoxy) is 1. The number of carbonyl (C=O) groups is 2. The average Bonchev–Trinajstić information content (AvgIpc) is 3.37. The highest BCUT2D eigenvalue weighted by molar-refractivity contribution is 9.15. The summed E-state index contributed by atoms with van der Waals surface area (Å²) in [6.45, 7) is 0. The van der Waals surface area contributed by atoms with E-state index in [1.807, 2.05) is 36.4 Å². The van der Waals surface area contributed by atoms with E-state index in [4.69, 9.17) is 9.72 Å². The van der Waals surface area contributed by atoms with E-state index in [2.05, 4.69) is 63.7 Å². The van der Waals surface area contributed by atoms with Crippen LogP contribution >= 0.6 is 86.8 Å². The van der Waals surface area contributed by atoms with Crippen molar-refractivity contribution in [1.82, 2.24) is 4.98 Å². The molecule has 172 valence electrons. The highest BCUT2D eigenvalue weighted by atomic mass is 79.9. The van der Waals surface area contributed by atoms with Crippen molar-refractivity contribution in [3.63, 3.8) is 0 Å². The molecule has 0 N–H and O–H groups in total. The quantitative estimate of drug-likeness (QED) is 0.0888. The van der Waals surface area contributed by atoms with Gasteiger partial charge in [0.15, 0.2) is 4.34 Å². The molecule has 5 nitrogen and oxygen atoms in total. The molecular weight excluding hydrogens is 736 g/mol. The lowest BCUT2D eigenvalue weighted by Gasteiger charge is -2.13. The van der Waals surface area contributed by atoms with Crippen LogP contribution in [0.4, 0.5) is 5.69 Å². The zero-order valence-corrected chi connectivity index (χ0v) is 25.2. The summed E-state index contributed by atoms with van der Waals surface area (Å²) < 4.78 is 9.44. The number of halogens is 4. The lowest BCUT2D eigenvalue weighted by molar-refractivity contribution is 0.0926. The van der Waals surface area contributed by atoms with Crippen molar-refractivity contribution in [2.45, 2.75) is 10.1 Å². The minimum absolute atomic E-state index is 0.326. The minimum atomic E-state index is -0.376. The van der Waals surface area contributed by atoms with Crippen LogP contribution in [0.1, 0.15) is 26.3 Å². The number of hydrogen-bond donors (Lipinski definition) is 0. The Morgan fingerprint density at radius 1 is 0.912 bits per heavy atom. The van der Waals surface area contributed by atoms with Gasteiger partial charge in [0.1, 0.15) is 5.75 Å². The fourth-order valence-corrected chi connectivity index (χ4v) is 8.06. The molecule has 0 saturated heterocycles. The third-order valence-electron chi connectivity index (χ3n) is 5.23. The number of carbonyl (C=O) groups excluding carboxylic acids is 2.